The first-order chi connectivity index (χ1) is 11.5. The van der Waals surface area contributed by atoms with Crippen molar-refractivity contribution in [2.45, 2.75) is 33.1 Å². The molecule has 1 aromatic carbocycles. The molecule has 0 saturated heterocycles. The van der Waals surface area contributed by atoms with Crippen LogP contribution in [0, 0.1) is 5.92 Å². The molecule has 24 heavy (non-hydrogen) atoms. The average Bonchev–Trinajstić information content (AvgIpc) is 3.07. The van der Waals surface area contributed by atoms with E-state index in [1.807, 2.05) is 18.2 Å². The minimum absolute atomic E-state index is 0.373. The Morgan fingerprint density at radius 3 is 2.38 bits per heavy atom. The predicted molar refractivity (Wildman–Crippen MR) is 103 cm³/mol. The molecule has 2 rings (SSSR count). The van der Waals surface area contributed by atoms with Crippen LogP contribution in [0.2, 0.25) is 0 Å². The molecule has 5 nitrogen and oxygen atoms in total. The van der Waals surface area contributed by atoms with Gasteiger partial charge in [0, 0.05) is 5.92 Å². The average molecular weight is 366 g/mol. The monoisotopic (exact) mass is 365 g/mol. The lowest BCUT2D eigenvalue weighted by Crippen LogP contribution is -2.13. The van der Waals surface area contributed by atoms with E-state index in [9.17, 15) is 0 Å². The third kappa shape index (κ3) is 4.02. The molecule has 0 fully saturated rings. The van der Waals surface area contributed by atoms with Crippen LogP contribution in [0.1, 0.15) is 43.7 Å². The van der Waals surface area contributed by atoms with Crippen LogP contribution >= 0.6 is 23.6 Å². The van der Waals surface area contributed by atoms with Gasteiger partial charge in [0.25, 0.3) is 0 Å². The number of ether oxygens (including phenoxy) is 2. The maximum atomic E-state index is 5.53. The van der Waals surface area contributed by atoms with Gasteiger partial charge in [-0.1, -0.05) is 56.8 Å². The van der Waals surface area contributed by atoms with E-state index in [2.05, 4.69) is 36.3 Å². The quantitative estimate of drug-likeness (QED) is 0.730. The molecule has 1 heterocycles. The third-order valence-electron chi connectivity index (χ3n) is 4.20. The topological polar surface area (TPSA) is 56.3 Å². The van der Waals surface area contributed by atoms with Crippen molar-refractivity contribution in [1.82, 2.24) is 10.2 Å². The molecule has 7 heteroatoms. The second-order valence-corrected chi connectivity index (χ2v) is 7.03. The Balaban J connectivity index is 2.21. The molecule has 130 valence electrons. The lowest BCUT2D eigenvalue weighted by molar-refractivity contribution is 0.393. The van der Waals surface area contributed by atoms with Gasteiger partial charge in [-0.05, 0) is 18.1 Å². The molecule has 0 radical (unpaired) electrons. The number of thiocarbonyl (C=S) groups is 1. The van der Waals surface area contributed by atoms with Gasteiger partial charge in [-0.2, -0.15) is 0 Å². The highest BCUT2D eigenvalue weighted by Crippen LogP contribution is 2.32. The van der Waals surface area contributed by atoms with Crippen LogP contribution in [0.5, 0.6) is 11.5 Å². The summed E-state index contributed by atoms with van der Waals surface area (Å²) in [6.07, 6.45) is 1.11. The summed E-state index contributed by atoms with van der Waals surface area (Å²) in [6, 6.07) is 5.56. The Hall–Kier alpha value is -1.73. The zero-order valence-corrected chi connectivity index (χ0v) is 16.3. The molecule has 0 amide bonds. The van der Waals surface area contributed by atoms with E-state index in [0.29, 0.717) is 39.0 Å². The molecule has 2 atom stereocenters. The summed E-state index contributed by atoms with van der Waals surface area (Å²) < 4.78 is 10.8. The van der Waals surface area contributed by atoms with Crippen LogP contribution in [0.25, 0.3) is 0 Å². The van der Waals surface area contributed by atoms with Crippen molar-refractivity contribution in [1.29, 1.82) is 0 Å². The first-order valence-electron chi connectivity index (χ1n) is 7.87. The predicted octanol–water partition coefficient (Wildman–Crippen LogP) is 4.49. The minimum Gasteiger partial charge on any atom is -0.496 e. The zero-order valence-electron chi connectivity index (χ0n) is 14.6. The van der Waals surface area contributed by atoms with Gasteiger partial charge in [0.15, 0.2) is 0 Å². The van der Waals surface area contributed by atoms with Gasteiger partial charge < -0.3 is 14.8 Å². The van der Waals surface area contributed by atoms with Gasteiger partial charge in [-0.25, -0.2) is 0 Å². The second kappa shape index (κ2) is 8.39. The number of rotatable bonds is 7. The van der Waals surface area contributed by atoms with Crippen molar-refractivity contribution in [3.05, 3.63) is 28.8 Å². The maximum Gasteiger partial charge on any atom is 0.210 e. The van der Waals surface area contributed by atoms with Crippen molar-refractivity contribution in [2.75, 3.05) is 19.5 Å². The van der Waals surface area contributed by atoms with Crippen LogP contribution in [0.4, 0.5) is 5.13 Å². The summed E-state index contributed by atoms with van der Waals surface area (Å²) >= 11 is 7.06. The van der Waals surface area contributed by atoms with Gasteiger partial charge in [0.2, 0.25) is 5.13 Å². The first kappa shape index (κ1) is 18.6. The van der Waals surface area contributed by atoms with Gasteiger partial charge >= 0.3 is 0 Å². The van der Waals surface area contributed by atoms with Crippen molar-refractivity contribution < 1.29 is 9.47 Å². The normalized spacial score (nSPS) is 13.2. The van der Waals surface area contributed by atoms with Crippen molar-refractivity contribution >= 4 is 33.7 Å². The van der Waals surface area contributed by atoms with Crippen LogP contribution in [0.15, 0.2) is 18.2 Å². The lowest BCUT2D eigenvalue weighted by Gasteiger charge is -2.14. The van der Waals surface area contributed by atoms with Crippen molar-refractivity contribution in [3.63, 3.8) is 0 Å². The maximum absolute atomic E-state index is 5.53. The smallest absolute Gasteiger partial charge is 0.210 e. The van der Waals surface area contributed by atoms with Gasteiger partial charge in [-0.15, -0.1) is 10.2 Å². The standard InChI is InChI=1S/C17H23N3O2S2/c1-6-10(2)11(3)16-19-20-17(24-16)18-15(23)14-12(21-4)8-7-9-13(14)22-5/h7-11H,6H2,1-5H3,(H,18,20,23). The zero-order chi connectivity index (χ0) is 17.7. The van der Waals surface area contributed by atoms with Crippen LogP contribution in [-0.2, 0) is 0 Å². The number of anilines is 1. The van der Waals surface area contributed by atoms with Crippen molar-refractivity contribution in [2.24, 2.45) is 5.92 Å². The molecular formula is C17H23N3O2S2. The molecule has 0 spiro atoms. The summed E-state index contributed by atoms with van der Waals surface area (Å²) in [4.78, 5) is 0.503. The highest BCUT2D eigenvalue weighted by molar-refractivity contribution is 7.81. The van der Waals surface area contributed by atoms with Gasteiger partial charge in [-0.3, -0.25) is 0 Å². The molecule has 1 N–H and O–H groups in total. The van der Waals surface area contributed by atoms with E-state index in [1.54, 1.807) is 14.2 Å². The Kier molecular flexibility index (Phi) is 6.51. The number of methoxy groups -OCH3 is 2. The summed E-state index contributed by atoms with van der Waals surface area (Å²) in [5.74, 6) is 2.25. The summed E-state index contributed by atoms with van der Waals surface area (Å²) in [5, 5.41) is 13.4. The Bertz CT molecular complexity index is 681. The first-order valence-corrected chi connectivity index (χ1v) is 9.10. The molecule has 1 aromatic heterocycles. The van der Waals surface area contributed by atoms with E-state index in [4.69, 9.17) is 21.7 Å². The molecule has 2 unspecified atom stereocenters. The Morgan fingerprint density at radius 1 is 1.21 bits per heavy atom. The fourth-order valence-corrected chi connectivity index (χ4v) is 3.60. The van der Waals surface area contributed by atoms with Crippen molar-refractivity contribution in [3.8, 4) is 11.5 Å². The number of benzene rings is 1. The highest BCUT2D eigenvalue weighted by atomic mass is 32.1. The van der Waals surface area contributed by atoms with E-state index in [-0.39, 0.29) is 0 Å². The Morgan fingerprint density at radius 2 is 1.83 bits per heavy atom. The number of nitrogens with zero attached hydrogens (tertiary/aromatic N) is 2. The van der Waals surface area contributed by atoms with Gasteiger partial charge in [0.1, 0.15) is 21.5 Å². The fourth-order valence-electron chi connectivity index (χ4n) is 2.30. The molecule has 2 aromatic rings. The molecule has 0 aliphatic heterocycles. The van der Waals surface area contributed by atoms with Crippen LogP contribution in [0.3, 0.4) is 0 Å². The number of hydrogen-bond donors (Lipinski definition) is 1. The van der Waals surface area contributed by atoms with E-state index in [1.165, 1.54) is 11.3 Å². The summed E-state index contributed by atoms with van der Waals surface area (Å²) in [6.45, 7) is 6.59. The second-order valence-electron chi connectivity index (χ2n) is 5.61. The lowest BCUT2D eigenvalue weighted by atomic mass is 9.94. The largest absolute Gasteiger partial charge is 0.496 e. The highest BCUT2D eigenvalue weighted by Gasteiger charge is 2.20. The van der Waals surface area contributed by atoms with E-state index in [0.717, 1.165) is 11.4 Å². The van der Waals surface area contributed by atoms with E-state index < -0.39 is 0 Å². The molecule has 0 aliphatic rings. The molecular weight excluding hydrogens is 342 g/mol. The number of nitrogens with one attached hydrogen (secondary N) is 1. The van der Waals surface area contributed by atoms with Crippen LogP contribution in [-0.4, -0.2) is 29.4 Å². The summed E-state index contributed by atoms with van der Waals surface area (Å²) in [7, 11) is 3.22. The molecule has 0 saturated carbocycles. The van der Waals surface area contributed by atoms with E-state index >= 15 is 0 Å². The van der Waals surface area contributed by atoms with Gasteiger partial charge in [0.05, 0.1) is 19.8 Å². The fraction of sp³-hybridized carbons (Fsp3) is 0.471. The number of aromatic nitrogens is 2. The molecule has 0 aliphatic carbocycles. The minimum atomic E-state index is 0.373. The Labute approximate surface area is 152 Å². The summed E-state index contributed by atoms with van der Waals surface area (Å²) in [5.41, 5.74) is 0.712. The van der Waals surface area contributed by atoms with Crippen LogP contribution < -0.4 is 14.8 Å². The molecule has 0 bridgehead atoms. The number of hydrogen-bond acceptors (Lipinski definition) is 6. The third-order valence-corrected chi connectivity index (χ3v) is 5.55. The SMILES string of the molecule is CCC(C)C(C)c1nnc(NC(=S)c2c(OC)cccc2OC)s1.